The zero-order chi connectivity index (χ0) is 13.9. The summed E-state index contributed by atoms with van der Waals surface area (Å²) < 4.78 is 0. The highest BCUT2D eigenvalue weighted by molar-refractivity contribution is 8.58. The highest BCUT2D eigenvalue weighted by Crippen LogP contribution is 2.41. The summed E-state index contributed by atoms with van der Waals surface area (Å²) in [6.45, 7) is 9.11. The predicted molar refractivity (Wildman–Crippen MR) is 91.6 cm³/mol. The fourth-order valence-corrected chi connectivity index (χ4v) is 9.98. The molecule has 0 spiro atoms. The van der Waals surface area contributed by atoms with Crippen LogP contribution >= 0.6 is 22.4 Å². The van der Waals surface area contributed by atoms with Crippen LogP contribution in [0.25, 0.3) is 0 Å². The minimum atomic E-state index is -1.39. The molecule has 0 saturated heterocycles. The first-order valence-corrected chi connectivity index (χ1v) is 12.5. The van der Waals surface area contributed by atoms with Crippen molar-refractivity contribution in [2.24, 2.45) is 0 Å². The van der Waals surface area contributed by atoms with Gasteiger partial charge in [-0.25, -0.2) is 0 Å². The molecule has 19 heavy (non-hydrogen) atoms. The van der Waals surface area contributed by atoms with Crippen LogP contribution in [0.15, 0.2) is 58.3 Å². The molecule has 0 N–H and O–H groups in total. The zero-order valence-corrected chi connectivity index (χ0v) is 14.6. The normalized spacial score (nSPS) is 11.6. The molecule has 0 aliphatic rings. The number of benzene rings is 2. The average Bonchev–Trinajstić information content (AvgIpc) is 2.34. The topological polar surface area (TPSA) is 0 Å². The third-order valence-corrected chi connectivity index (χ3v) is 10.6. The van der Waals surface area contributed by atoms with E-state index in [0.717, 1.165) is 0 Å². The Hall–Kier alpha value is -0.643. The Morgan fingerprint density at radius 3 is 1.26 bits per heavy atom. The Kier molecular flexibility index (Phi) is 4.82. The van der Waals surface area contributed by atoms with Crippen molar-refractivity contribution >= 4 is 28.8 Å². The van der Waals surface area contributed by atoms with E-state index in [-0.39, 0.29) is 0 Å². The first kappa shape index (κ1) is 14.8. The molecule has 0 amide bonds. The van der Waals surface area contributed by atoms with Crippen molar-refractivity contribution in [3.8, 4) is 0 Å². The summed E-state index contributed by atoms with van der Waals surface area (Å²) >= 11 is 4.11. The van der Waals surface area contributed by atoms with Crippen LogP contribution in [0.2, 0.25) is 13.1 Å². The quantitative estimate of drug-likeness (QED) is 0.646. The van der Waals surface area contributed by atoms with Gasteiger partial charge in [-0.2, -0.15) is 0 Å². The maximum Gasteiger partial charge on any atom is 0.182 e. The summed E-state index contributed by atoms with van der Waals surface area (Å²) in [5.41, 5.74) is 2.66. The van der Waals surface area contributed by atoms with E-state index in [2.05, 4.69) is 97.9 Å². The smallest absolute Gasteiger partial charge is 0.138 e. The molecule has 2 aromatic carbocycles. The standard InChI is InChI=1S/C16H20S2Si/c1-13-5-9-15(10-6-13)17-19(3,4)18-16-11-7-14(2)8-12-16/h5-12H,1-4H3. The van der Waals surface area contributed by atoms with E-state index in [0.29, 0.717) is 0 Å². The SMILES string of the molecule is Cc1ccc(S[Si](C)(C)Sc2ccc(C)cc2)cc1. The van der Waals surface area contributed by atoms with E-state index in [1.807, 2.05) is 0 Å². The fraction of sp³-hybridized carbons (Fsp3) is 0.250. The van der Waals surface area contributed by atoms with Crippen LogP contribution < -0.4 is 0 Å². The second-order valence-corrected chi connectivity index (χ2v) is 17.5. The third kappa shape index (κ3) is 4.75. The van der Waals surface area contributed by atoms with Crippen molar-refractivity contribution in [1.82, 2.24) is 0 Å². The van der Waals surface area contributed by atoms with Gasteiger partial charge in [0.25, 0.3) is 0 Å². The van der Waals surface area contributed by atoms with Gasteiger partial charge >= 0.3 is 0 Å². The Morgan fingerprint density at radius 1 is 0.632 bits per heavy atom. The summed E-state index contributed by atoms with van der Waals surface area (Å²) in [6, 6.07) is 17.8. The Bertz CT molecular complexity index is 480. The lowest BCUT2D eigenvalue weighted by atomic mass is 10.2. The van der Waals surface area contributed by atoms with Gasteiger partial charge in [0.15, 0.2) is 6.37 Å². The van der Waals surface area contributed by atoms with Crippen LogP contribution in [0.4, 0.5) is 0 Å². The molecule has 0 heterocycles. The maximum atomic E-state index is 2.42. The van der Waals surface area contributed by atoms with E-state index < -0.39 is 6.37 Å². The molecule has 0 unspecified atom stereocenters. The minimum Gasteiger partial charge on any atom is -0.138 e. The van der Waals surface area contributed by atoms with E-state index in [9.17, 15) is 0 Å². The van der Waals surface area contributed by atoms with Crippen LogP contribution in [0.3, 0.4) is 0 Å². The van der Waals surface area contributed by atoms with E-state index >= 15 is 0 Å². The van der Waals surface area contributed by atoms with Crippen LogP contribution in [0.5, 0.6) is 0 Å². The fourth-order valence-electron chi connectivity index (χ4n) is 1.80. The minimum absolute atomic E-state index is 1.33. The van der Waals surface area contributed by atoms with Crippen LogP contribution in [-0.4, -0.2) is 6.37 Å². The molecule has 0 aliphatic carbocycles. The van der Waals surface area contributed by atoms with Gasteiger partial charge < -0.3 is 0 Å². The predicted octanol–water partition coefficient (Wildman–Crippen LogP) is 5.89. The van der Waals surface area contributed by atoms with E-state index in [4.69, 9.17) is 0 Å². The van der Waals surface area contributed by atoms with Gasteiger partial charge in [0.05, 0.1) is 0 Å². The van der Waals surface area contributed by atoms with Crippen molar-refractivity contribution in [3.05, 3.63) is 59.7 Å². The van der Waals surface area contributed by atoms with Crippen LogP contribution in [0, 0.1) is 13.8 Å². The van der Waals surface area contributed by atoms with Crippen molar-refractivity contribution in [3.63, 3.8) is 0 Å². The molecule has 0 atom stereocenters. The molecule has 0 saturated carbocycles. The van der Waals surface area contributed by atoms with Gasteiger partial charge in [-0.05, 0) is 38.1 Å². The summed E-state index contributed by atoms with van der Waals surface area (Å²) in [6.07, 6.45) is -1.39. The van der Waals surface area contributed by atoms with Crippen LogP contribution in [-0.2, 0) is 0 Å². The zero-order valence-electron chi connectivity index (χ0n) is 11.9. The van der Waals surface area contributed by atoms with Crippen molar-refractivity contribution < 1.29 is 0 Å². The van der Waals surface area contributed by atoms with Gasteiger partial charge in [-0.1, -0.05) is 48.5 Å². The number of rotatable bonds is 4. The second-order valence-electron chi connectivity index (χ2n) is 5.23. The Balaban J connectivity index is 2.05. The van der Waals surface area contributed by atoms with E-state index in [1.54, 1.807) is 0 Å². The first-order chi connectivity index (χ1) is 8.94. The molecule has 0 bridgehead atoms. The third-order valence-electron chi connectivity index (χ3n) is 2.77. The van der Waals surface area contributed by atoms with Gasteiger partial charge in [0, 0.05) is 9.79 Å². The molecule has 0 radical (unpaired) electrons. The first-order valence-electron chi connectivity index (χ1n) is 6.46. The lowest BCUT2D eigenvalue weighted by Gasteiger charge is -2.21. The monoisotopic (exact) mass is 304 g/mol. The lowest BCUT2D eigenvalue weighted by molar-refractivity contribution is 1.38. The maximum absolute atomic E-state index is 2.42. The molecule has 2 aromatic rings. The van der Waals surface area contributed by atoms with Crippen molar-refractivity contribution in [1.29, 1.82) is 0 Å². The van der Waals surface area contributed by atoms with Crippen molar-refractivity contribution in [2.75, 3.05) is 0 Å². The number of hydrogen-bond acceptors (Lipinski definition) is 2. The molecule has 0 fully saturated rings. The summed E-state index contributed by atoms with van der Waals surface area (Å²) in [7, 11) is 0. The summed E-state index contributed by atoms with van der Waals surface area (Å²) in [4.78, 5) is 2.78. The summed E-state index contributed by atoms with van der Waals surface area (Å²) in [5, 5.41) is 0. The molecule has 2 rings (SSSR count). The molecule has 0 nitrogen and oxygen atoms in total. The molecule has 0 aromatic heterocycles. The van der Waals surface area contributed by atoms with Gasteiger partial charge in [0.1, 0.15) is 0 Å². The van der Waals surface area contributed by atoms with Crippen molar-refractivity contribution in [2.45, 2.75) is 36.7 Å². The lowest BCUT2D eigenvalue weighted by Crippen LogP contribution is -2.14. The molecule has 100 valence electrons. The molecular weight excluding hydrogens is 284 g/mol. The number of hydrogen-bond donors (Lipinski definition) is 0. The largest absolute Gasteiger partial charge is 0.182 e. The average molecular weight is 305 g/mol. The Labute approximate surface area is 125 Å². The highest BCUT2D eigenvalue weighted by atomic mass is 32.6. The van der Waals surface area contributed by atoms with Gasteiger partial charge in [0.2, 0.25) is 0 Å². The Morgan fingerprint density at radius 2 is 0.947 bits per heavy atom. The summed E-state index contributed by atoms with van der Waals surface area (Å²) in [5.74, 6) is 0. The van der Waals surface area contributed by atoms with Gasteiger partial charge in [-0.3, -0.25) is 0 Å². The van der Waals surface area contributed by atoms with Crippen LogP contribution in [0.1, 0.15) is 11.1 Å². The van der Waals surface area contributed by atoms with E-state index in [1.165, 1.54) is 20.9 Å². The number of aryl methyl sites for hydroxylation is 2. The molecule has 3 heteroatoms. The second kappa shape index (κ2) is 6.20. The van der Waals surface area contributed by atoms with Gasteiger partial charge in [-0.15, -0.1) is 22.4 Å². The highest BCUT2D eigenvalue weighted by Gasteiger charge is 2.24. The molecular formula is C16H20S2Si. The molecule has 0 aliphatic heterocycles.